The molecule has 80 valence electrons. The van der Waals surface area contributed by atoms with E-state index in [1.54, 1.807) is 6.26 Å². The van der Waals surface area contributed by atoms with E-state index < -0.39 is 0 Å². The van der Waals surface area contributed by atoms with E-state index in [9.17, 15) is 0 Å². The van der Waals surface area contributed by atoms with Crippen molar-refractivity contribution in [1.82, 2.24) is 0 Å². The standard InChI is InChI=1S/C13H22O/c1-12(2,3)10-13(4,5)8-11-6-7-14-9-11/h6-7,9H,8,10H2,1-5H3. The van der Waals surface area contributed by atoms with Crippen LogP contribution in [0, 0.1) is 10.8 Å². The van der Waals surface area contributed by atoms with Gasteiger partial charge in [-0.25, -0.2) is 0 Å². The van der Waals surface area contributed by atoms with Crippen molar-refractivity contribution in [3.63, 3.8) is 0 Å². The van der Waals surface area contributed by atoms with E-state index in [-0.39, 0.29) is 0 Å². The van der Waals surface area contributed by atoms with Crippen molar-refractivity contribution >= 4 is 0 Å². The monoisotopic (exact) mass is 194 g/mol. The predicted octanol–water partition coefficient (Wildman–Crippen LogP) is 4.28. The van der Waals surface area contributed by atoms with Gasteiger partial charge in [0.25, 0.3) is 0 Å². The number of furan rings is 1. The van der Waals surface area contributed by atoms with E-state index in [2.05, 4.69) is 40.7 Å². The lowest BCUT2D eigenvalue weighted by atomic mass is 9.73. The highest BCUT2D eigenvalue weighted by Crippen LogP contribution is 2.35. The fourth-order valence-electron chi connectivity index (χ4n) is 2.44. The van der Waals surface area contributed by atoms with Crippen LogP contribution in [-0.2, 0) is 6.42 Å². The Labute approximate surface area is 87.5 Å². The molecule has 0 saturated heterocycles. The van der Waals surface area contributed by atoms with Crippen LogP contribution in [0.2, 0.25) is 0 Å². The topological polar surface area (TPSA) is 13.1 Å². The molecule has 0 aliphatic carbocycles. The Morgan fingerprint density at radius 2 is 1.79 bits per heavy atom. The maximum atomic E-state index is 5.09. The summed E-state index contributed by atoms with van der Waals surface area (Å²) in [6.45, 7) is 11.5. The van der Waals surface area contributed by atoms with E-state index in [1.165, 1.54) is 12.0 Å². The van der Waals surface area contributed by atoms with Gasteiger partial charge >= 0.3 is 0 Å². The normalized spacial score (nSPS) is 13.2. The van der Waals surface area contributed by atoms with Crippen molar-refractivity contribution in [2.24, 2.45) is 10.8 Å². The zero-order valence-corrected chi connectivity index (χ0v) is 10.1. The molecule has 1 rings (SSSR count). The molecule has 0 fully saturated rings. The SMILES string of the molecule is CC(C)(C)CC(C)(C)Cc1ccoc1. The molecule has 0 bridgehead atoms. The minimum Gasteiger partial charge on any atom is -0.472 e. The van der Waals surface area contributed by atoms with Crippen LogP contribution in [-0.4, -0.2) is 0 Å². The zero-order chi connectivity index (χ0) is 10.8. The third-order valence-corrected chi connectivity index (χ3v) is 2.27. The van der Waals surface area contributed by atoms with Crippen LogP contribution in [0.3, 0.4) is 0 Å². The first-order valence-corrected chi connectivity index (χ1v) is 5.30. The zero-order valence-electron chi connectivity index (χ0n) is 10.1. The summed E-state index contributed by atoms with van der Waals surface area (Å²) in [5.74, 6) is 0. The van der Waals surface area contributed by atoms with Gasteiger partial charge in [-0.05, 0) is 35.3 Å². The molecule has 1 heterocycles. The third-order valence-electron chi connectivity index (χ3n) is 2.27. The van der Waals surface area contributed by atoms with Crippen molar-refractivity contribution in [2.75, 3.05) is 0 Å². The molecule has 0 atom stereocenters. The maximum absolute atomic E-state index is 5.09. The Hall–Kier alpha value is -0.720. The van der Waals surface area contributed by atoms with Gasteiger partial charge in [0.05, 0.1) is 12.5 Å². The van der Waals surface area contributed by atoms with Gasteiger partial charge in [0.1, 0.15) is 0 Å². The Bertz CT molecular complexity index is 262. The summed E-state index contributed by atoms with van der Waals surface area (Å²) in [6, 6.07) is 2.06. The van der Waals surface area contributed by atoms with Gasteiger partial charge in [-0.3, -0.25) is 0 Å². The summed E-state index contributed by atoms with van der Waals surface area (Å²) >= 11 is 0. The molecule has 0 aromatic carbocycles. The molecule has 0 N–H and O–H groups in total. The minimum absolute atomic E-state index is 0.349. The molecule has 0 radical (unpaired) electrons. The summed E-state index contributed by atoms with van der Waals surface area (Å²) in [6.07, 6.45) is 5.93. The van der Waals surface area contributed by atoms with Gasteiger partial charge in [-0.1, -0.05) is 34.6 Å². The lowest BCUT2D eigenvalue weighted by Gasteiger charge is -2.32. The summed E-state index contributed by atoms with van der Waals surface area (Å²) in [7, 11) is 0. The molecular formula is C13H22O. The van der Waals surface area contributed by atoms with Crippen molar-refractivity contribution in [2.45, 2.75) is 47.5 Å². The van der Waals surface area contributed by atoms with E-state index in [0.29, 0.717) is 10.8 Å². The average molecular weight is 194 g/mol. The molecular weight excluding hydrogens is 172 g/mol. The summed E-state index contributed by atoms with van der Waals surface area (Å²) in [5.41, 5.74) is 2.05. The van der Waals surface area contributed by atoms with Gasteiger partial charge in [0.15, 0.2) is 0 Å². The van der Waals surface area contributed by atoms with E-state index in [0.717, 1.165) is 6.42 Å². The van der Waals surface area contributed by atoms with Crippen LogP contribution < -0.4 is 0 Å². The summed E-state index contributed by atoms with van der Waals surface area (Å²) in [4.78, 5) is 0. The smallest absolute Gasteiger partial charge is 0.0934 e. The highest BCUT2D eigenvalue weighted by molar-refractivity contribution is 5.08. The fraction of sp³-hybridized carbons (Fsp3) is 0.692. The van der Waals surface area contributed by atoms with E-state index >= 15 is 0 Å². The number of hydrogen-bond donors (Lipinski definition) is 0. The molecule has 0 saturated carbocycles. The van der Waals surface area contributed by atoms with Gasteiger partial charge in [0.2, 0.25) is 0 Å². The molecule has 1 aromatic rings. The third kappa shape index (κ3) is 3.99. The van der Waals surface area contributed by atoms with Crippen LogP contribution >= 0.6 is 0 Å². The van der Waals surface area contributed by atoms with Crippen LogP contribution in [0.25, 0.3) is 0 Å². The highest BCUT2D eigenvalue weighted by atomic mass is 16.3. The molecule has 0 aliphatic heterocycles. The second-order valence-corrected chi connectivity index (χ2v) is 6.21. The van der Waals surface area contributed by atoms with Gasteiger partial charge in [-0.2, -0.15) is 0 Å². The van der Waals surface area contributed by atoms with Crippen molar-refractivity contribution < 1.29 is 4.42 Å². The second kappa shape index (κ2) is 3.80. The van der Waals surface area contributed by atoms with Crippen LogP contribution in [0.1, 0.15) is 46.6 Å². The Kier molecular flexibility index (Phi) is 3.08. The van der Waals surface area contributed by atoms with Crippen molar-refractivity contribution in [3.05, 3.63) is 24.2 Å². The molecule has 1 heteroatoms. The number of hydrogen-bond acceptors (Lipinski definition) is 1. The largest absolute Gasteiger partial charge is 0.472 e. The molecule has 1 aromatic heterocycles. The predicted molar refractivity (Wildman–Crippen MR) is 60.3 cm³/mol. The van der Waals surface area contributed by atoms with Crippen molar-refractivity contribution in [1.29, 1.82) is 0 Å². The average Bonchev–Trinajstić information content (AvgIpc) is 2.31. The summed E-state index contributed by atoms with van der Waals surface area (Å²) in [5, 5.41) is 0. The van der Waals surface area contributed by atoms with Gasteiger partial charge in [0, 0.05) is 0 Å². The van der Waals surface area contributed by atoms with E-state index in [1.807, 2.05) is 6.26 Å². The first kappa shape index (κ1) is 11.4. The molecule has 0 spiro atoms. The van der Waals surface area contributed by atoms with Crippen LogP contribution in [0.4, 0.5) is 0 Å². The van der Waals surface area contributed by atoms with Crippen LogP contribution in [0.5, 0.6) is 0 Å². The van der Waals surface area contributed by atoms with Crippen LogP contribution in [0.15, 0.2) is 23.0 Å². The molecule has 0 amide bonds. The number of rotatable bonds is 3. The van der Waals surface area contributed by atoms with Gasteiger partial charge in [-0.15, -0.1) is 0 Å². The highest BCUT2D eigenvalue weighted by Gasteiger charge is 2.25. The lowest BCUT2D eigenvalue weighted by molar-refractivity contribution is 0.211. The molecule has 14 heavy (non-hydrogen) atoms. The Morgan fingerprint density at radius 1 is 1.14 bits per heavy atom. The lowest BCUT2D eigenvalue weighted by Crippen LogP contribution is -2.22. The van der Waals surface area contributed by atoms with Gasteiger partial charge < -0.3 is 4.42 Å². The molecule has 0 aliphatic rings. The fourth-order valence-corrected chi connectivity index (χ4v) is 2.44. The second-order valence-electron chi connectivity index (χ2n) is 6.21. The summed E-state index contributed by atoms with van der Waals surface area (Å²) < 4.78 is 5.09. The first-order chi connectivity index (χ1) is 6.29. The molecule has 0 unspecified atom stereocenters. The quantitative estimate of drug-likeness (QED) is 0.699. The van der Waals surface area contributed by atoms with Crippen molar-refractivity contribution in [3.8, 4) is 0 Å². The maximum Gasteiger partial charge on any atom is 0.0934 e. The molecule has 1 nitrogen and oxygen atoms in total. The minimum atomic E-state index is 0.349. The van der Waals surface area contributed by atoms with E-state index in [4.69, 9.17) is 4.42 Å². The first-order valence-electron chi connectivity index (χ1n) is 5.30. The Balaban J connectivity index is 2.58. The Morgan fingerprint density at radius 3 is 2.21 bits per heavy atom.